The van der Waals surface area contributed by atoms with Crippen LogP contribution in [0.1, 0.15) is 12.5 Å². The van der Waals surface area contributed by atoms with Gasteiger partial charge in [-0.15, -0.1) is 0 Å². The molecule has 0 aliphatic carbocycles. The summed E-state index contributed by atoms with van der Waals surface area (Å²) >= 11 is 0. The summed E-state index contributed by atoms with van der Waals surface area (Å²) < 4.78 is 5.40. The third-order valence-corrected chi connectivity index (χ3v) is 1.99. The fourth-order valence-corrected chi connectivity index (χ4v) is 1.31. The Morgan fingerprint density at radius 1 is 1.46 bits per heavy atom. The number of ether oxygens (including phenoxy) is 1. The predicted molar refractivity (Wildman–Crippen MR) is 52.8 cm³/mol. The van der Waals surface area contributed by atoms with Crippen molar-refractivity contribution in [3.8, 4) is 0 Å². The predicted octanol–water partition coefficient (Wildman–Crippen LogP) is 1.43. The molecule has 1 aliphatic rings. The second-order valence-corrected chi connectivity index (χ2v) is 3.18. The lowest BCUT2D eigenvalue weighted by Gasteiger charge is -2.03. The van der Waals surface area contributed by atoms with Crippen molar-refractivity contribution < 1.29 is 4.74 Å². The van der Waals surface area contributed by atoms with Crippen molar-refractivity contribution in [1.29, 1.82) is 0 Å². The quantitative estimate of drug-likeness (QED) is 0.658. The van der Waals surface area contributed by atoms with Crippen molar-refractivity contribution in [3.63, 3.8) is 0 Å². The highest BCUT2D eigenvalue weighted by Crippen LogP contribution is 2.17. The van der Waals surface area contributed by atoms with Crippen LogP contribution in [0.5, 0.6) is 0 Å². The number of para-hydroxylation sites is 1. The van der Waals surface area contributed by atoms with Crippen LogP contribution in [0, 0.1) is 0 Å². The van der Waals surface area contributed by atoms with Gasteiger partial charge in [-0.25, -0.2) is 4.99 Å². The Hall–Kier alpha value is -1.51. The first-order chi connectivity index (χ1) is 6.27. The van der Waals surface area contributed by atoms with E-state index < -0.39 is 0 Å². The van der Waals surface area contributed by atoms with Gasteiger partial charge in [0.25, 0.3) is 0 Å². The van der Waals surface area contributed by atoms with Gasteiger partial charge in [0, 0.05) is 5.69 Å². The molecular weight excluding hydrogens is 164 g/mol. The van der Waals surface area contributed by atoms with Crippen LogP contribution >= 0.6 is 0 Å². The van der Waals surface area contributed by atoms with Crippen LogP contribution in [0.4, 0.5) is 5.69 Å². The lowest BCUT2D eigenvalue weighted by molar-refractivity contribution is 0.324. The lowest BCUT2D eigenvalue weighted by Crippen LogP contribution is -2.04. The molecule has 2 rings (SSSR count). The monoisotopic (exact) mass is 176 g/mol. The Balaban J connectivity index is 2.36. The van der Waals surface area contributed by atoms with Gasteiger partial charge >= 0.3 is 0 Å². The number of hydrogen-bond donors (Lipinski definition) is 1. The highest BCUT2D eigenvalue weighted by Gasteiger charge is 2.17. The van der Waals surface area contributed by atoms with Gasteiger partial charge < -0.3 is 10.5 Å². The lowest BCUT2D eigenvalue weighted by atomic mass is 10.2. The molecular formula is C10H12N2O. The Kier molecular flexibility index (Phi) is 1.93. The third-order valence-electron chi connectivity index (χ3n) is 1.99. The zero-order valence-electron chi connectivity index (χ0n) is 7.53. The van der Waals surface area contributed by atoms with E-state index in [9.17, 15) is 0 Å². The molecule has 1 aromatic rings. The third kappa shape index (κ3) is 1.49. The second kappa shape index (κ2) is 3.09. The van der Waals surface area contributed by atoms with Gasteiger partial charge in [-0.3, -0.25) is 0 Å². The highest BCUT2D eigenvalue weighted by atomic mass is 16.5. The number of anilines is 1. The van der Waals surface area contributed by atoms with Crippen molar-refractivity contribution in [2.24, 2.45) is 4.99 Å². The minimum absolute atomic E-state index is 0.245. The van der Waals surface area contributed by atoms with Crippen LogP contribution < -0.4 is 5.73 Å². The number of nitrogen functional groups attached to an aromatic ring is 1. The highest BCUT2D eigenvalue weighted by molar-refractivity contribution is 5.99. The molecule has 1 aromatic carbocycles. The van der Waals surface area contributed by atoms with E-state index in [2.05, 4.69) is 4.99 Å². The van der Waals surface area contributed by atoms with Crippen molar-refractivity contribution in [2.75, 3.05) is 12.3 Å². The Morgan fingerprint density at radius 2 is 2.23 bits per heavy atom. The van der Waals surface area contributed by atoms with E-state index in [0.29, 0.717) is 12.5 Å². The molecule has 13 heavy (non-hydrogen) atoms. The molecule has 0 radical (unpaired) electrons. The summed E-state index contributed by atoms with van der Waals surface area (Å²) in [6.07, 6.45) is 0. The van der Waals surface area contributed by atoms with Crippen LogP contribution in [0.3, 0.4) is 0 Å². The van der Waals surface area contributed by atoms with E-state index in [-0.39, 0.29) is 6.04 Å². The van der Waals surface area contributed by atoms with Gasteiger partial charge in [-0.2, -0.15) is 0 Å². The summed E-state index contributed by atoms with van der Waals surface area (Å²) in [7, 11) is 0. The number of rotatable bonds is 1. The minimum atomic E-state index is 0.245. The van der Waals surface area contributed by atoms with Crippen molar-refractivity contribution in [3.05, 3.63) is 29.8 Å². The summed E-state index contributed by atoms with van der Waals surface area (Å²) in [6, 6.07) is 7.85. The maximum absolute atomic E-state index is 5.78. The van der Waals surface area contributed by atoms with E-state index >= 15 is 0 Å². The van der Waals surface area contributed by atoms with E-state index in [1.807, 2.05) is 31.2 Å². The van der Waals surface area contributed by atoms with Gasteiger partial charge in [0.2, 0.25) is 5.90 Å². The van der Waals surface area contributed by atoms with E-state index in [1.54, 1.807) is 0 Å². The number of hydrogen-bond acceptors (Lipinski definition) is 3. The van der Waals surface area contributed by atoms with E-state index in [0.717, 1.165) is 11.3 Å². The van der Waals surface area contributed by atoms with E-state index in [1.165, 1.54) is 0 Å². The summed E-state index contributed by atoms with van der Waals surface area (Å²) in [5, 5.41) is 0. The van der Waals surface area contributed by atoms with Crippen LogP contribution in [0.25, 0.3) is 0 Å². The molecule has 0 saturated carbocycles. The summed E-state index contributed by atoms with van der Waals surface area (Å²) in [5.41, 5.74) is 7.40. The van der Waals surface area contributed by atoms with Gasteiger partial charge in [-0.1, -0.05) is 12.1 Å². The molecule has 0 spiro atoms. The van der Waals surface area contributed by atoms with Gasteiger partial charge in [0.05, 0.1) is 11.6 Å². The van der Waals surface area contributed by atoms with Crippen LogP contribution in [0.2, 0.25) is 0 Å². The molecule has 1 heterocycles. The standard InChI is InChI=1S/C10H12N2O/c1-7-6-13-10(12-7)8-4-2-3-5-9(8)11/h2-5,7H,6,11H2,1H3/t7-/m0/s1. The fraction of sp³-hybridized carbons (Fsp3) is 0.300. The molecule has 0 saturated heterocycles. The minimum Gasteiger partial charge on any atom is -0.475 e. The van der Waals surface area contributed by atoms with Gasteiger partial charge in [0.15, 0.2) is 0 Å². The molecule has 1 atom stereocenters. The SMILES string of the molecule is C[C@H]1COC(c2ccccc2N)=N1. The van der Waals surface area contributed by atoms with Crippen molar-refractivity contribution in [2.45, 2.75) is 13.0 Å². The zero-order chi connectivity index (χ0) is 9.26. The molecule has 2 N–H and O–H groups in total. The first-order valence-corrected chi connectivity index (χ1v) is 4.33. The fourth-order valence-electron chi connectivity index (χ4n) is 1.31. The van der Waals surface area contributed by atoms with Crippen LogP contribution in [0.15, 0.2) is 29.3 Å². The van der Waals surface area contributed by atoms with Gasteiger partial charge in [-0.05, 0) is 19.1 Å². The van der Waals surface area contributed by atoms with Crippen LogP contribution in [-0.2, 0) is 4.74 Å². The zero-order valence-corrected chi connectivity index (χ0v) is 7.53. The average molecular weight is 176 g/mol. The molecule has 0 aromatic heterocycles. The van der Waals surface area contributed by atoms with Crippen LogP contribution in [-0.4, -0.2) is 18.5 Å². The largest absolute Gasteiger partial charge is 0.475 e. The number of benzene rings is 1. The number of aliphatic imine (C=N–C) groups is 1. The maximum Gasteiger partial charge on any atom is 0.218 e. The first-order valence-electron chi connectivity index (χ1n) is 4.33. The molecule has 68 valence electrons. The summed E-state index contributed by atoms with van der Waals surface area (Å²) in [5.74, 6) is 0.672. The molecule has 0 bridgehead atoms. The Bertz CT molecular complexity index is 347. The van der Waals surface area contributed by atoms with E-state index in [4.69, 9.17) is 10.5 Å². The molecule has 0 amide bonds. The average Bonchev–Trinajstić information content (AvgIpc) is 2.53. The molecule has 3 nitrogen and oxygen atoms in total. The normalized spacial score (nSPS) is 21.0. The Morgan fingerprint density at radius 3 is 2.85 bits per heavy atom. The molecule has 3 heteroatoms. The first kappa shape index (κ1) is 8.10. The number of nitrogens with two attached hydrogens (primary N) is 1. The molecule has 1 aliphatic heterocycles. The summed E-state index contributed by atoms with van der Waals surface area (Å²) in [6.45, 7) is 2.68. The number of nitrogens with zero attached hydrogens (tertiary/aromatic N) is 1. The second-order valence-electron chi connectivity index (χ2n) is 3.18. The topological polar surface area (TPSA) is 47.6 Å². The summed E-state index contributed by atoms with van der Waals surface area (Å²) in [4.78, 5) is 4.33. The van der Waals surface area contributed by atoms with Crippen molar-refractivity contribution in [1.82, 2.24) is 0 Å². The Labute approximate surface area is 77.2 Å². The van der Waals surface area contributed by atoms with Gasteiger partial charge in [0.1, 0.15) is 6.61 Å². The molecule has 0 fully saturated rings. The van der Waals surface area contributed by atoms with Crippen molar-refractivity contribution >= 4 is 11.6 Å². The molecule has 0 unspecified atom stereocenters. The smallest absolute Gasteiger partial charge is 0.218 e. The maximum atomic E-state index is 5.78.